The fourth-order valence-corrected chi connectivity index (χ4v) is 2.82. The number of carbonyl (C=O) groups excluding carboxylic acids is 1. The molecule has 0 unspecified atom stereocenters. The van der Waals surface area contributed by atoms with Crippen molar-refractivity contribution in [1.29, 1.82) is 0 Å². The average molecular weight is 283 g/mol. The minimum Gasteiger partial charge on any atom is -0.339 e. The lowest BCUT2D eigenvalue weighted by atomic mass is 10.1. The van der Waals surface area contributed by atoms with Crippen molar-refractivity contribution in [2.75, 3.05) is 39.3 Å². The Kier molecular flexibility index (Phi) is 9.67. The SMILES string of the molecule is CCCCCCCCCCN1CCN(C(=O)CN)CC1. The molecule has 0 aromatic carbocycles. The summed E-state index contributed by atoms with van der Waals surface area (Å²) in [6.07, 6.45) is 11.0. The lowest BCUT2D eigenvalue weighted by Gasteiger charge is -2.34. The second kappa shape index (κ2) is 11.1. The highest BCUT2D eigenvalue weighted by Crippen LogP contribution is 2.10. The molecule has 4 heteroatoms. The third-order valence-electron chi connectivity index (χ3n) is 4.23. The van der Waals surface area contributed by atoms with E-state index >= 15 is 0 Å². The van der Waals surface area contributed by atoms with Gasteiger partial charge in [0.2, 0.25) is 5.91 Å². The molecule has 0 spiro atoms. The second-order valence-electron chi connectivity index (χ2n) is 5.90. The molecule has 0 aromatic heterocycles. The monoisotopic (exact) mass is 283 g/mol. The van der Waals surface area contributed by atoms with Gasteiger partial charge < -0.3 is 10.6 Å². The summed E-state index contributed by atoms with van der Waals surface area (Å²) >= 11 is 0. The zero-order valence-corrected chi connectivity index (χ0v) is 13.3. The second-order valence-corrected chi connectivity index (χ2v) is 5.90. The molecule has 0 saturated carbocycles. The summed E-state index contributed by atoms with van der Waals surface area (Å²) in [6.45, 7) is 7.35. The lowest BCUT2D eigenvalue weighted by molar-refractivity contribution is -0.131. The molecular weight excluding hydrogens is 250 g/mol. The quantitative estimate of drug-likeness (QED) is 0.626. The van der Waals surface area contributed by atoms with Gasteiger partial charge in [-0.1, -0.05) is 51.9 Å². The van der Waals surface area contributed by atoms with E-state index in [0.29, 0.717) is 0 Å². The first-order valence-electron chi connectivity index (χ1n) is 8.48. The maximum absolute atomic E-state index is 11.5. The van der Waals surface area contributed by atoms with E-state index in [1.165, 1.54) is 57.9 Å². The minimum absolute atomic E-state index is 0.0942. The number of carbonyl (C=O) groups is 1. The summed E-state index contributed by atoms with van der Waals surface area (Å²) in [4.78, 5) is 15.8. The van der Waals surface area contributed by atoms with Crippen molar-refractivity contribution >= 4 is 5.91 Å². The third-order valence-corrected chi connectivity index (χ3v) is 4.23. The van der Waals surface area contributed by atoms with E-state index in [1.54, 1.807) is 0 Å². The molecule has 1 saturated heterocycles. The molecule has 0 radical (unpaired) electrons. The van der Waals surface area contributed by atoms with Crippen molar-refractivity contribution < 1.29 is 4.79 Å². The first-order valence-corrected chi connectivity index (χ1v) is 8.48. The number of nitrogens with two attached hydrogens (primary N) is 1. The molecule has 118 valence electrons. The Morgan fingerprint density at radius 1 is 0.900 bits per heavy atom. The molecule has 0 aliphatic carbocycles. The smallest absolute Gasteiger partial charge is 0.236 e. The first-order chi connectivity index (χ1) is 9.77. The molecule has 1 fully saturated rings. The molecule has 0 bridgehead atoms. The standard InChI is InChI=1S/C16H33N3O/c1-2-3-4-5-6-7-8-9-10-18-11-13-19(14-12-18)16(20)15-17/h2-15,17H2,1H3. The van der Waals surface area contributed by atoms with Gasteiger partial charge in [-0.2, -0.15) is 0 Å². The summed E-state index contributed by atoms with van der Waals surface area (Å²) in [5.74, 6) is 0.0942. The van der Waals surface area contributed by atoms with Crippen LogP contribution in [0.4, 0.5) is 0 Å². The van der Waals surface area contributed by atoms with Gasteiger partial charge in [-0.05, 0) is 13.0 Å². The molecule has 1 aliphatic rings. The number of hydrogen-bond donors (Lipinski definition) is 1. The van der Waals surface area contributed by atoms with Gasteiger partial charge in [0.05, 0.1) is 6.54 Å². The Labute approximate surface area is 124 Å². The molecule has 0 aromatic rings. The number of unbranched alkanes of at least 4 members (excludes halogenated alkanes) is 7. The van der Waals surface area contributed by atoms with Crippen LogP contribution >= 0.6 is 0 Å². The van der Waals surface area contributed by atoms with Gasteiger partial charge in [0.1, 0.15) is 0 Å². The molecule has 1 heterocycles. The number of hydrogen-bond acceptors (Lipinski definition) is 3. The molecule has 1 aliphatic heterocycles. The van der Waals surface area contributed by atoms with E-state index < -0.39 is 0 Å². The maximum Gasteiger partial charge on any atom is 0.236 e. The zero-order valence-electron chi connectivity index (χ0n) is 13.3. The molecule has 0 atom stereocenters. The van der Waals surface area contributed by atoms with Crippen LogP contribution in [-0.2, 0) is 4.79 Å². The van der Waals surface area contributed by atoms with Gasteiger partial charge in [-0.3, -0.25) is 9.69 Å². The van der Waals surface area contributed by atoms with Gasteiger partial charge in [0, 0.05) is 26.2 Å². The van der Waals surface area contributed by atoms with E-state index in [2.05, 4.69) is 11.8 Å². The predicted molar refractivity (Wildman–Crippen MR) is 84.7 cm³/mol. The van der Waals surface area contributed by atoms with Crippen LogP contribution < -0.4 is 5.73 Å². The predicted octanol–water partition coefficient (Wildman–Crippen LogP) is 2.23. The van der Waals surface area contributed by atoms with Crippen LogP contribution in [0.15, 0.2) is 0 Å². The number of nitrogens with zero attached hydrogens (tertiary/aromatic N) is 2. The van der Waals surface area contributed by atoms with Crippen LogP contribution in [0.5, 0.6) is 0 Å². The van der Waals surface area contributed by atoms with Crippen LogP contribution in [0.1, 0.15) is 58.3 Å². The Morgan fingerprint density at radius 2 is 1.45 bits per heavy atom. The molecule has 2 N–H and O–H groups in total. The van der Waals surface area contributed by atoms with Crippen LogP contribution in [0.3, 0.4) is 0 Å². The third kappa shape index (κ3) is 7.25. The van der Waals surface area contributed by atoms with E-state index in [0.717, 1.165) is 26.2 Å². The van der Waals surface area contributed by atoms with Crippen LogP contribution in [-0.4, -0.2) is 55.0 Å². The number of amides is 1. The fourth-order valence-electron chi connectivity index (χ4n) is 2.82. The van der Waals surface area contributed by atoms with Crippen molar-refractivity contribution in [3.05, 3.63) is 0 Å². The van der Waals surface area contributed by atoms with Crippen molar-refractivity contribution in [3.8, 4) is 0 Å². The molecule has 1 rings (SSSR count). The molecule has 20 heavy (non-hydrogen) atoms. The van der Waals surface area contributed by atoms with Crippen LogP contribution in [0.25, 0.3) is 0 Å². The van der Waals surface area contributed by atoms with Crippen molar-refractivity contribution in [3.63, 3.8) is 0 Å². The first kappa shape index (κ1) is 17.4. The summed E-state index contributed by atoms with van der Waals surface area (Å²) < 4.78 is 0. The van der Waals surface area contributed by atoms with Crippen LogP contribution in [0, 0.1) is 0 Å². The van der Waals surface area contributed by atoms with Gasteiger partial charge in [0.15, 0.2) is 0 Å². The van der Waals surface area contributed by atoms with Gasteiger partial charge in [0.25, 0.3) is 0 Å². The van der Waals surface area contributed by atoms with Gasteiger partial charge in [-0.15, -0.1) is 0 Å². The van der Waals surface area contributed by atoms with Gasteiger partial charge >= 0.3 is 0 Å². The maximum atomic E-state index is 11.5. The number of rotatable bonds is 10. The molecule has 4 nitrogen and oxygen atoms in total. The highest BCUT2D eigenvalue weighted by molar-refractivity contribution is 5.78. The Morgan fingerprint density at radius 3 is 2.00 bits per heavy atom. The largest absolute Gasteiger partial charge is 0.339 e. The van der Waals surface area contributed by atoms with E-state index in [-0.39, 0.29) is 12.5 Å². The van der Waals surface area contributed by atoms with Crippen LogP contribution in [0.2, 0.25) is 0 Å². The normalized spacial score (nSPS) is 16.6. The lowest BCUT2D eigenvalue weighted by Crippen LogP contribution is -2.50. The summed E-state index contributed by atoms with van der Waals surface area (Å²) in [7, 11) is 0. The van der Waals surface area contributed by atoms with E-state index in [4.69, 9.17) is 5.73 Å². The number of piperazine rings is 1. The van der Waals surface area contributed by atoms with Crippen molar-refractivity contribution in [1.82, 2.24) is 9.80 Å². The zero-order chi connectivity index (χ0) is 14.6. The minimum atomic E-state index is 0.0942. The Bertz CT molecular complexity index is 250. The van der Waals surface area contributed by atoms with Gasteiger partial charge in [-0.25, -0.2) is 0 Å². The average Bonchev–Trinajstić information content (AvgIpc) is 2.50. The molecule has 1 amide bonds. The summed E-state index contributed by atoms with van der Waals surface area (Å²) in [6, 6.07) is 0. The van der Waals surface area contributed by atoms with Crippen molar-refractivity contribution in [2.24, 2.45) is 5.73 Å². The van der Waals surface area contributed by atoms with E-state index in [9.17, 15) is 4.79 Å². The van der Waals surface area contributed by atoms with E-state index in [1.807, 2.05) is 4.90 Å². The topological polar surface area (TPSA) is 49.6 Å². The van der Waals surface area contributed by atoms with Crippen molar-refractivity contribution in [2.45, 2.75) is 58.3 Å². The summed E-state index contributed by atoms with van der Waals surface area (Å²) in [5, 5.41) is 0. The highest BCUT2D eigenvalue weighted by atomic mass is 16.2. The Balaban J connectivity index is 1.93. The highest BCUT2D eigenvalue weighted by Gasteiger charge is 2.19. The summed E-state index contributed by atoms with van der Waals surface area (Å²) in [5.41, 5.74) is 5.39. The Hall–Kier alpha value is -0.610. The fraction of sp³-hybridized carbons (Fsp3) is 0.938. The molecular formula is C16H33N3O.